The van der Waals surface area contributed by atoms with Crippen molar-refractivity contribution in [2.45, 2.75) is 25.9 Å². The number of benzene rings is 1. The summed E-state index contributed by atoms with van der Waals surface area (Å²) in [5.41, 5.74) is 1.23. The van der Waals surface area contributed by atoms with Gasteiger partial charge in [0.15, 0.2) is 0 Å². The molecular weight excluding hydrogens is 214 g/mol. The van der Waals surface area contributed by atoms with Gasteiger partial charge in [-0.05, 0) is 12.0 Å². The predicted molar refractivity (Wildman–Crippen MR) is 68.5 cm³/mol. The van der Waals surface area contributed by atoms with E-state index in [2.05, 4.69) is 29.1 Å². The van der Waals surface area contributed by atoms with Crippen LogP contribution in [0.5, 0.6) is 0 Å². The van der Waals surface area contributed by atoms with Crippen molar-refractivity contribution in [3.8, 4) is 0 Å². The number of nitrogens with one attached hydrogen (secondary N) is 1. The lowest BCUT2D eigenvalue weighted by Gasteiger charge is -2.12. The van der Waals surface area contributed by atoms with Gasteiger partial charge in [0.25, 0.3) is 0 Å². The Morgan fingerprint density at radius 3 is 2.71 bits per heavy atom. The Morgan fingerprint density at radius 1 is 1.41 bits per heavy atom. The first-order valence-corrected chi connectivity index (χ1v) is 5.79. The van der Waals surface area contributed by atoms with E-state index in [0.29, 0.717) is 0 Å². The standard InChI is InChI=1S/C14H19NO2/c1-3-13(9-10-14(16)17-2)15-11-12-7-5-4-6-8-12/h4-10,13,15H,3,11H2,1-2H3/b10-9+. The molecule has 0 bridgehead atoms. The van der Waals surface area contributed by atoms with Crippen LogP contribution in [0.2, 0.25) is 0 Å². The van der Waals surface area contributed by atoms with Gasteiger partial charge in [0.1, 0.15) is 0 Å². The first-order chi connectivity index (χ1) is 8.26. The minimum Gasteiger partial charge on any atom is -0.466 e. The van der Waals surface area contributed by atoms with E-state index in [1.54, 1.807) is 0 Å². The topological polar surface area (TPSA) is 38.3 Å². The Labute approximate surface area is 102 Å². The molecule has 0 spiro atoms. The molecule has 0 radical (unpaired) electrons. The first-order valence-electron chi connectivity index (χ1n) is 5.79. The summed E-state index contributed by atoms with van der Waals surface area (Å²) in [4.78, 5) is 11.0. The molecule has 0 aromatic heterocycles. The van der Waals surface area contributed by atoms with Crippen molar-refractivity contribution in [1.29, 1.82) is 0 Å². The van der Waals surface area contributed by atoms with Gasteiger partial charge < -0.3 is 10.1 Å². The van der Waals surface area contributed by atoms with Crippen LogP contribution >= 0.6 is 0 Å². The molecule has 1 atom stereocenters. The van der Waals surface area contributed by atoms with E-state index < -0.39 is 0 Å². The summed E-state index contributed by atoms with van der Waals surface area (Å²) in [6.45, 7) is 2.87. The summed E-state index contributed by atoms with van der Waals surface area (Å²) in [6, 6.07) is 10.4. The maximum atomic E-state index is 11.0. The second-order valence-electron chi connectivity index (χ2n) is 3.76. The highest BCUT2D eigenvalue weighted by Gasteiger charge is 2.02. The molecule has 92 valence electrons. The van der Waals surface area contributed by atoms with Crippen molar-refractivity contribution in [3.63, 3.8) is 0 Å². The van der Waals surface area contributed by atoms with Crippen LogP contribution in [0, 0.1) is 0 Å². The van der Waals surface area contributed by atoms with Crippen LogP contribution in [-0.2, 0) is 16.1 Å². The van der Waals surface area contributed by atoms with Crippen molar-refractivity contribution in [3.05, 3.63) is 48.0 Å². The highest BCUT2D eigenvalue weighted by Crippen LogP contribution is 2.00. The average molecular weight is 233 g/mol. The predicted octanol–water partition coefficient (Wildman–Crippen LogP) is 2.28. The quantitative estimate of drug-likeness (QED) is 0.605. The summed E-state index contributed by atoms with van der Waals surface area (Å²) in [7, 11) is 1.38. The lowest BCUT2D eigenvalue weighted by molar-refractivity contribution is -0.134. The molecule has 0 heterocycles. The highest BCUT2D eigenvalue weighted by molar-refractivity contribution is 5.81. The number of carbonyl (C=O) groups excluding carboxylic acids is 1. The second kappa shape index (κ2) is 7.63. The van der Waals surface area contributed by atoms with Crippen molar-refractivity contribution in [2.24, 2.45) is 0 Å². The Balaban J connectivity index is 2.42. The van der Waals surface area contributed by atoms with Crippen molar-refractivity contribution in [1.82, 2.24) is 5.32 Å². The number of esters is 1. The van der Waals surface area contributed by atoms with Crippen LogP contribution < -0.4 is 5.32 Å². The van der Waals surface area contributed by atoms with Gasteiger partial charge in [0.2, 0.25) is 0 Å². The number of rotatable bonds is 6. The molecule has 17 heavy (non-hydrogen) atoms. The minimum absolute atomic E-state index is 0.189. The Morgan fingerprint density at radius 2 is 2.12 bits per heavy atom. The number of hydrogen-bond donors (Lipinski definition) is 1. The number of carbonyl (C=O) groups is 1. The zero-order valence-corrected chi connectivity index (χ0v) is 10.3. The Hall–Kier alpha value is -1.61. The molecule has 1 N–H and O–H groups in total. The molecular formula is C14H19NO2. The van der Waals surface area contributed by atoms with E-state index >= 15 is 0 Å². The van der Waals surface area contributed by atoms with Gasteiger partial charge in [-0.1, -0.05) is 43.3 Å². The third-order valence-corrected chi connectivity index (χ3v) is 2.52. The number of methoxy groups -OCH3 is 1. The van der Waals surface area contributed by atoms with E-state index in [4.69, 9.17) is 0 Å². The van der Waals surface area contributed by atoms with Crippen LogP contribution in [0.3, 0.4) is 0 Å². The molecule has 1 unspecified atom stereocenters. The fourth-order valence-electron chi connectivity index (χ4n) is 1.46. The third kappa shape index (κ3) is 5.31. The maximum Gasteiger partial charge on any atom is 0.330 e. The number of ether oxygens (including phenoxy) is 1. The molecule has 0 fully saturated rings. The molecule has 1 aromatic carbocycles. The largest absolute Gasteiger partial charge is 0.466 e. The molecule has 0 saturated heterocycles. The summed E-state index contributed by atoms with van der Waals surface area (Å²) < 4.78 is 4.55. The Bertz CT molecular complexity index is 360. The summed E-state index contributed by atoms with van der Waals surface area (Å²) in [5, 5.41) is 3.37. The molecule has 3 nitrogen and oxygen atoms in total. The smallest absolute Gasteiger partial charge is 0.330 e. The van der Waals surface area contributed by atoms with Crippen LogP contribution in [0.4, 0.5) is 0 Å². The van der Waals surface area contributed by atoms with E-state index in [9.17, 15) is 4.79 Å². The van der Waals surface area contributed by atoms with Crippen molar-refractivity contribution < 1.29 is 9.53 Å². The van der Waals surface area contributed by atoms with Crippen LogP contribution in [-0.4, -0.2) is 19.1 Å². The SMILES string of the molecule is CCC(/C=C/C(=O)OC)NCc1ccccc1. The molecule has 0 aliphatic heterocycles. The molecule has 1 aromatic rings. The van der Waals surface area contributed by atoms with E-state index in [-0.39, 0.29) is 12.0 Å². The van der Waals surface area contributed by atoms with Crippen LogP contribution in [0.25, 0.3) is 0 Å². The zero-order chi connectivity index (χ0) is 12.5. The van der Waals surface area contributed by atoms with E-state index in [0.717, 1.165) is 13.0 Å². The van der Waals surface area contributed by atoms with E-state index in [1.807, 2.05) is 24.3 Å². The van der Waals surface area contributed by atoms with Gasteiger partial charge in [0, 0.05) is 18.7 Å². The fraction of sp³-hybridized carbons (Fsp3) is 0.357. The number of hydrogen-bond acceptors (Lipinski definition) is 3. The maximum absolute atomic E-state index is 11.0. The fourth-order valence-corrected chi connectivity index (χ4v) is 1.46. The monoisotopic (exact) mass is 233 g/mol. The Kier molecular flexibility index (Phi) is 6.04. The highest BCUT2D eigenvalue weighted by atomic mass is 16.5. The summed E-state index contributed by atoms with van der Waals surface area (Å²) >= 11 is 0. The second-order valence-corrected chi connectivity index (χ2v) is 3.76. The molecule has 0 amide bonds. The zero-order valence-electron chi connectivity index (χ0n) is 10.3. The van der Waals surface area contributed by atoms with Gasteiger partial charge >= 0.3 is 5.97 Å². The molecule has 1 rings (SSSR count). The van der Waals surface area contributed by atoms with Gasteiger partial charge in [-0.25, -0.2) is 4.79 Å². The van der Waals surface area contributed by atoms with Crippen molar-refractivity contribution in [2.75, 3.05) is 7.11 Å². The molecule has 0 saturated carbocycles. The van der Waals surface area contributed by atoms with Gasteiger partial charge in [0.05, 0.1) is 7.11 Å². The van der Waals surface area contributed by atoms with E-state index in [1.165, 1.54) is 18.7 Å². The average Bonchev–Trinajstić information content (AvgIpc) is 2.39. The normalized spacial score (nSPS) is 12.6. The first kappa shape index (κ1) is 13.5. The van der Waals surface area contributed by atoms with Gasteiger partial charge in [-0.15, -0.1) is 0 Å². The van der Waals surface area contributed by atoms with Crippen molar-refractivity contribution >= 4 is 5.97 Å². The molecule has 3 heteroatoms. The van der Waals surface area contributed by atoms with Gasteiger partial charge in [-0.2, -0.15) is 0 Å². The van der Waals surface area contributed by atoms with Crippen LogP contribution in [0.15, 0.2) is 42.5 Å². The molecule has 0 aliphatic carbocycles. The summed E-state index contributed by atoms with van der Waals surface area (Å²) in [5.74, 6) is -0.315. The van der Waals surface area contributed by atoms with Gasteiger partial charge in [-0.3, -0.25) is 0 Å². The summed E-state index contributed by atoms with van der Waals surface area (Å²) in [6.07, 6.45) is 4.24. The third-order valence-electron chi connectivity index (χ3n) is 2.52. The van der Waals surface area contributed by atoms with Crippen LogP contribution in [0.1, 0.15) is 18.9 Å². The lowest BCUT2D eigenvalue weighted by atomic mass is 10.1. The molecule has 0 aliphatic rings. The minimum atomic E-state index is -0.315. The lowest BCUT2D eigenvalue weighted by Crippen LogP contribution is -2.26.